The van der Waals surface area contributed by atoms with Crippen LogP contribution in [0, 0.1) is 11.8 Å². The quantitative estimate of drug-likeness (QED) is 0.262. The van der Waals surface area contributed by atoms with Crippen LogP contribution in [0.4, 0.5) is 0 Å². The minimum atomic E-state index is -0.691. The minimum Gasteiger partial charge on any atom is -0.374 e. The lowest BCUT2D eigenvalue weighted by Gasteiger charge is -2.50. The van der Waals surface area contributed by atoms with Gasteiger partial charge in [0.15, 0.2) is 18.9 Å². The van der Waals surface area contributed by atoms with Gasteiger partial charge in [-0.2, -0.15) is 0 Å². The van der Waals surface area contributed by atoms with Gasteiger partial charge in [0.1, 0.15) is 24.4 Å². The summed E-state index contributed by atoms with van der Waals surface area (Å²) in [7, 11) is 1.62. The fourth-order valence-electron chi connectivity index (χ4n) is 6.20. The van der Waals surface area contributed by atoms with E-state index in [0.29, 0.717) is 38.3 Å². The maximum absolute atomic E-state index is 6.77. The highest BCUT2D eigenvalue weighted by Crippen LogP contribution is 2.39. The molecule has 3 aromatic carbocycles. The molecule has 0 N–H and O–H groups in total. The number of benzene rings is 3. The number of fused-ring (bicyclic) bond motifs is 1. The molecule has 44 heavy (non-hydrogen) atoms. The van der Waals surface area contributed by atoms with Crippen LogP contribution in [0.25, 0.3) is 0 Å². The van der Waals surface area contributed by atoms with E-state index in [1.54, 1.807) is 7.11 Å². The third-order valence-corrected chi connectivity index (χ3v) is 8.95. The van der Waals surface area contributed by atoms with Gasteiger partial charge in [-0.1, -0.05) is 105 Å². The average molecular weight is 605 g/mol. The lowest BCUT2D eigenvalue weighted by Crippen LogP contribution is -2.64. The Balaban J connectivity index is 1.19. The van der Waals surface area contributed by atoms with Gasteiger partial charge >= 0.3 is 0 Å². The van der Waals surface area contributed by atoms with Gasteiger partial charge in [-0.3, -0.25) is 0 Å². The normalized spacial score (nSPS) is 33.9. The Morgan fingerprint density at radius 1 is 0.750 bits per heavy atom. The first kappa shape index (κ1) is 31.3. The van der Waals surface area contributed by atoms with E-state index in [0.717, 1.165) is 23.1 Å². The zero-order valence-corrected chi connectivity index (χ0v) is 25.7. The Kier molecular flexibility index (Phi) is 10.7. The van der Waals surface area contributed by atoms with E-state index in [9.17, 15) is 0 Å². The summed E-state index contributed by atoms with van der Waals surface area (Å²) < 4.78 is 51.0. The van der Waals surface area contributed by atoms with Crippen LogP contribution >= 0.6 is 0 Å². The maximum Gasteiger partial charge on any atom is 0.186 e. The lowest BCUT2D eigenvalue weighted by atomic mass is 9.85. The van der Waals surface area contributed by atoms with Crippen molar-refractivity contribution in [1.82, 2.24) is 0 Å². The molecule has 0 bridgehead atoms. The summed E-state index contributed by atoms with van der Waals surface area (Å²) in [5, 5.41) is 0. The highest BCUT2D eigenvalue weighted by atomic mass is 16.8. The van der Waals surface area contributed by atoms with Gasteiger partial charge in [0.05, 0.1) is 32.5 Å². The number of ether oxygens (including phenoxy) is 8. The van der Waals surface area contributed by atoms with Gasteiger partial charge in [0.25, 0.3) is 0 Å². The van der Waals surface area contributed by atoms with Crippen LogP contribution in [0.1, 0.15) is 43.2 Å². The molecular weight excluding hydrogens is 560 g/mol. The molecule has 236 valence electrons. The second-order valence-corrected chi connectivity index (χ2v) is 12.0. The van der Waals surface area contributed by atoms with Crippen LogP contribution in [0.15, 0.2) is 91.0 Å². The molecule has 8 heteroatoms. The van der Waals surface area contributed by atoms with Crippen molar-refractivity contribution in [3.05, 3.63) is 108 Å². The number of hydrogen-bond donors (Lipinski definition) is 0. The fourth-order valence-corrected chi connectivity index (χ4v) is 6.20. The third-order valence-electron chi connectivity index (χ3n) is 8.95. The first-order valence-electron chi connectivity index (χ1n) is 15.7. The molecule has 3 aromatic rings. The van der Waals surface area contributed by atoms with Crippen molar-refractivity contribution in [3.8, 4) is 0 Å². The molecule has 0 amide bonds. The Bertz CT molecular complexity index is 1260. The van der Waals surface area contributed by atoms with Gasteiger partial charge in [0.2, 0.25) is 0 Å². The first-order valence-corrected chi connectivity index (χ1v) is 15.7. The molecule has 3 heterocycles. The van der Waals surface area contributed by atoms with E-state index in [1.165, 1.54) is 0 Å². The summed E-state index contributed by atoms with van der Waals surface area (Å²) in [6.45, 7) is 6.21. The van der Waals surface area contributed by atoms with Crippen molar-refractivity contribution >= 4 is 0 Å². The molecule has 0 radical (unpaired) electrons. The molecule has 0 spiro atoms. The summed E-state index contributed by atoms with van der Waals surface area (Å²) in [6, 6.07) is 30.2. The van der Waals surface area contributed by atoms with Crippen LogP contribution < -0.4 is 0 Å². The average Bonchev–Trinajstić information content (AvgIpc) is 3.07. The summed E-state index contributed by atoms with van der Waals surface area (Å²) in [5.74, 6) is 0.675. The zero-order chi connectivity index (χ0) is 30.3. The summed E-state index contributed by atoms with van der Waals surface area (Å²) in [6.07, 6.45) is -3.02. The van der Waals surface area contributed by atoms with Crippen LogP contribution in [-0.2, 0) is 51.1 Å². The standard InChI is InChI=1S/C36H44O8/c1-24-19-31(41-29(25(24)2)22-38-20-26-13-7-4-8-14-26)43-34-33(39-21-27-15-9-5-10-16-27)32-30(42-36(34)37-3)23-40-35(44-32)28-17-11-6-12-18-28/h4-18,24-25,29-36H,19-23H2,1-3H3/t24-,25+,29?,30-,31+,32?,33?,34?,35-,36+/m1/s1. The molecule has 8 nitrogen and oxygen atoms in total. The first-order chi connectivity index (χ1) is 21.6. The highest BCUT2D eigenvalue weighted by molar-refractivity contribution is 5.17. The van der Waals surface area contributed by atoms with E-state index < -0.39 is 37.2 Å². The van der Waals surface area contributed by atoms with Crippen molar-refractivity contribution < 1.29 is 37.9 Å². The van der Waals surface area contributed by atoms with Gasteiger partial charge in [-0.15, -0.1) is 0 Å². The van der Waals surface area contributed by atoms with E-state index in [4.69, 9.17) is 37.9 Å². The molecular formula is C36H44O8. The van der Waals surface area contributed by atoms with Gasteiger partial charge in [-0.05, 0) is 23.0 Å². The Morgan fingerprint density at radius 2 is 1.41 bits per heavy atom. The molecule has 0 saturated carbocycles. The van der Waals surface area contributed by atoms with Crippen molar-refractivity contribution in [2.45, 2.75) is 82.9 Å². The fraction of sp³-hybridized carbons (Fsp3) is 0.500. The van der Waals surface area contributed by atoms with Crippen LogP contribution in [-0.4, -0.2) is 63.4 Å². The molecule has 10 atom stereocenters. The minimum absolute atomic E-state index is 0.115. The molecule has 3 fully saturated rings. The van der Waals surface area contributed by atoms with Crippen LogP contribution in [0.3, 0.4) is 0 Å². The van der Waals surface area contributed by atoms with Crippen LogP contribution in [0.2, 0.25) is 0 Å². The molecule has 3 aliphatic heterocycles. The summed E-state index contributed by atoms with van der Waals surface area (Å²) >= 11 is 0. The van der Waals surface area contributed by atoms with E-state index >= 15 is 0 Å². The summed E-state index contributed by atoms with van der Waals surface area (Å²) in [4.78, 5) is 0. The predicted molar refractivity (Wildman–Crippen MR) is 163 cm³/mol. The van der Waals surface area contributed by atoms with Crippen molar-refractivity contribution in [1.29, 1.82) is 0 Å². The Labute approximate surface area is 260 Å². The Morgan fingerprint density at radius 3 is 2.09 bits per heavy atom. The van der Waals surface area contributed by atoms with Gasteiger partial charge in [-0.25, -0.2) is 0 Å². The SMILES string of the molecule is CO[C@H]1O[C@@H]2CO[C@@H](c3ccccc3)OC2C(OCc2ccccc2)C1O[C@H]1C[C@@H](C)[C@H](C)C(COCc2ccccc2)O1. The Hall–Kier alpha value is -2.66. The smallest absolute Gasteiger partial charge is 0.186 e. The zero-order valence-electron chi connectivity index (χ0n) is 25.7. The number of hydrogen-bond acceptors (Lipinski definition) is 8. The number of rotatable bonds is 11. The van der Waals surface area contributed by atoms with E-state index in [-0.39, 0.29) is 12.2 Å². The third kappa shape index (κ3) is 7.58. The molecule has 0 aromatic heterocycles. The predicted octanol–water partition coefficient (Wildman–Crippen LogP) is 6.05. The number of methoxy groups -OCH3 is 1. The molecule has 6 rings (SSSR count). The second kappa shape index (κ2) is 15.1. The largest absolute Gasteiger partial charge is 0.374 e. The molecule has 3 aliphatic rings. The highest BCUT2D eigenvalue weighted by Gasteiger charge is 2.53. The van der Waals surface area contributed by atoms with Crippen molar-refractivity contribution in [2.75, 3.05) is 20.3 Å². The molecule has 0 aliphatic carbocycles. The van der Waals surface area contributed by atoms with Crippen molar-refractivity contribution in [3.63, 3.8) is 0 Å². The monoisotopic (exact) mass is 604 g/mol. The lowest BCUT2D eigenvalue weighted by molar-refractivity contribution is -0.385. The summed E-state index contributed by atoms with van der Waals surface area (Å²) in [5.41, 5.74) is 3.13. The topological polar surface area (TPSA) is 73.8 Å². The molecule has 3 saturated heterocycles. The van der Waals surface area contributed by atoms with Gasteiger partial charge < -0.3 is 37.9 Å². The van der Waals surface area contributed by atoms with E-state index in [1.807, 2.05) is 78.9 Å². The van der Waals surface area contributed by atoms with Crippen molar-refractivity contribution in [2.24, 2.45) is 11.8 Å². The van der Waals surface area contributed by atoms with Crippen LogP contribution in [0.5, 0.6) is 0 Å². The van der Waals surface area contributed by atoms with E-state index in [2.05, 4.69) is 26.0 Å². The maximum atomic E-state index is 6.77. The second-order valence-electron chi connectivity index (χ2n) is 12.0. The molecule has 4 unspecified atom stereocenters. The van der Waals surface area contributed by atoms with Gasteiger partial charge in [0, 0.05) is 19.1 Å².